The summed E-state index contributed by atoms with van der Waals surface area (Å²) in [6.45, 7) is 9.21. The van der Waals surface area contributed by atoms with Gasteiger partial charge in [-0.25, -0.2) is 0 Å². The van der Waals surface area contributed by atoms with Crippen LogP contribution in [0.4, 0.5) is 0 Å². The lowest BCUT2D eigenvalue weighted by Gasteiger charge is -2.50. The highest BCUT2D eigenvalue weighted by Crippen LogP contribution is 2.31. The summed E-state index contributed by atoms with van der Waals surface area (Å²) >= 11 is 0. The Bertz CT molecular complexity index is 252. The fraction of sp³-hybridized carbons (Fsp3) is 1.00. The van der Waals surface area contributed by atoms with Crippen molar-refractivity contribution in [3.63, 3.8) is 0 Å². The first-order valence-electron chi connectivity index (χ1n) is 7.20. The number of nitrogens with two attached hydrogens (primary N) is 1. The second-order valence-electron chi connectivity index (χ2n) is 6.55. The number of piperazine rings is 1. The molecular weight excluding hydrogens is 210 g/mol. The van der Waals surface area contributed by atoms with Crippen LogP contribution in [0, 0.1) is 5.92 Å². The van der Waals surface area contributed by atoms with Crippen LogP contribution in [0.3, 0.4) is 0 Å². The highest BCUT2D eigenvalue weighted by Gasteiger charge is 2.37. The van der Waals surface area contributed by atoms with Gasteiger partial charge in [0.15, 0.2) is 0 Å². The maximum Gasteiger partial charge on any atom is 0.0277 e. The molecule has 0 radical (unpaired) electrons. The zero-order valence-electron chi connectivity index (χ0n) is 11.8. The van der Waals surface area contributed by atoms with Crippen molar-refractivity contribution in [2.45, 2.75) is 51.1 Å². The molecule has 2 N–H and O–H groups in total. The smallest absolute Gasteiger partial charge is 0.0277 e. The third-order valence-corrected chi connectivity index (χ3v) is 4.99. The number of rotatable bonds is 2. The van der Waals surface area contributed by atoms with E-state index in [4.69, 9.17) is 5.73 Å². The molecule has 17 heavy (non-hydrogen) atoms. The summed E-state index contributed by atoms with van der Waals surface area (Å²) in [6, 6.07) is 0.752. The van der Waals surface area contributed by atoms with Crippen molar-refractivity contribution in [2.24, 2.45) is 11.7 Å². The highest BCUT2D eigenvalue weighted by molar-refractivity contribution is 4.93. The Morgan fingerprint density at radius 1 is 1.18 bits per heavy atom. The summed E-state index contributed by atoms with van der Waals surface area (Å²) in [6.07, 6.45) is 5.49. The van der Waals surface area contributed by atoms with Gasteiger partial charge in [-0.1, -0.05) is 12.8 Å². The largest absolute Gasteiger partial charge is 0.330 e. The van der Waals surface area contributed by atoms with E-state index in [1.54, 1.807) is 0 Å². The molecule has 3 heteroatoms. The number of hydrogen-bond donors (Lipinski definition) is 1. The Morgan fingerprint density at radius 2 is 1.88 bits per heavy atom. The minimum absolute atomic E-state index is 0.314. The highest BCUT2D eigenvalue weighted by atomic mass is 15.3. The molecule has 1 aliphatic heterocycles. The Hall–Kier alpha value is -0.120. The summed E-state index contributed by atoms with van der Waals surface area (Å²) in [5, 5.41) is 0. The predicted octanol–water partition coefficient (Wildman–Crippen LogP) is 1.53. The van der Waals surface area contributed by atoms with Gasteiger partial charge < -0.3 is 5.73 Å². The van der Waals surface area contributed by atoms with E-state index < -0.39 is 0 Å². The minimum atomic E-state index is 0.314. The predicted molar refractivity (Wildman–Crippen MR) is 73.1 cm³/mol. The summed E-state index contributed by atoms with van der Waals surface area (Å²) in [7, 11) is 2.25. The van der Waals surface area contributed by atoms with E-state index in [9.17, 15) is 0 Å². The van der Waals surface area contributed by atoms with E-state index in [2.05, 4.69) is 30.7 Å². The van der Waals surface area contributed by atoms with E-state index >= 15 is 0 Å². The summed E-state index contributed by atoms with van der Waals surface area (Å²) in [5.41, 5.74) is 6.27. The molecule has 1 heterocycles. The molecule has 0 bridgehead atoms. The van der Waals surface area contributed by atoms with Crippen molar-refractivity contribution >= 4 is 0 Å². The fourth-order valence-corrected chi connectivity index (χ4v) is 3.50. The maximum absolute atomic E-state index is 5.96. The van der Waals surface area contributed by atoms with Crippen LogP contribution in [0.1, 0.15) is 39.5 Å². The first-order chi connectivity index (χ1) is 8.04. The number of hydrogen-bond acceptors (Lipinski definition) is 3. The van der Waals surface area contributed by atoms with Crippen LogP contribution in [0.5, 0.6) is 0 Å². The van der Waals surface area contributed by atoms with Gasteiger partial charge in [0, 0.05) is 31.2 Å². The SMILES string of the molecule is CN1CCN(C2CCCCC2CN)CC1(C)C. The van der Waals surface area contributed by atoms with E-state index in [-0.39, 0.29) is 0 Å². The van der Waals surface area contributed by atoms with Crippen molar-refractivity contribution in [1.29, 1.82) is 0 Å². The van der Waals surface area contributed by atoms with E-state index in [1.807, 2.05) is 0 Å². The van der Waals surface area contributed by atoms with E-state index in [0.717, 1.165) is 18.5 Å². The molecule has 100 valence electrons. The van der Waals surface area contributed by atoms with Gasteiger partial charge in [-0.05, 0) is 46.2 Å². The molecule has 2 unspecified atom stereocenters. The van der Waals surface area contributed by atoms with Gasteiger partial charge in [0.25, 0.3) is 0 Å². The average molecular weight is 239 g/mol. The first-order valence-corrected chi connectivity index (χ1v) is 7.20. The second kappa shape index (κ2) is 5.25. The van der Waals surface area contributed by atoms with Crippen molar-refractivity contribution < 1.29 is 0 Å². The maximum atomic E-state index is 5.96. The fourth-order valence-electron chi connectivity index (χ4n) is 3.50. The van der Waals surface area contributed by atoms with Gasteiger partial charge in [-0.15, -0.1) is 0 Å². The van der Waals surface area contributed by atoms with Gasteiger partial charge in [-0.2, -0.15) is 0 Å². The molecule has 0 amide bonds. The van der Waals surface area contributed by atoms with Crippen molar-refractivity contribution in [3.05, 3.63) is 0 Å². The molecule has 0 spiro atoms. The molecule has 3 nitrogen and oxygen atoms in total. The normalized spacial score (nSPS) is 36.0. The molecule has 0 aromatic carbocycles. The van der Waals surface area contributed by atoms with Gasteiger partial charge in [-0.3, -0.25) is 9.80 Å². The van der Waals surface area contributed by atoms with Crippen LogP contribution < -0.4 is 5.73 Å². The molecular formula is C14H29N3. The monoisotopic (exact) mass is 239 g/mol. The minimum Gasteiger partial charge on any atom is -0.330 e. The van der Waals surface area contributed by atoms with Gasteiger partial charge >= 0.3 is 0 Å². The Morgan fingerprint density at radius 3 is 2.53 bits per heavy atom. The van der Waals surface area contributed by atoms with Crippen LogP contribution in [0.25, 0.3) is 0 Å². The van der Waals surface area contributed by atoms with Crippen LogP contribution in [-0.2, 0) is 0 Å². The second-order valence-corrected chi connectivity index (χ2v) is 6.55. The first kappa shape index (κ1) is 13.3. The molecule has 0 aromatic rings. The third kappa shape index (κ3) is 2.83. The summed E-state index contributed by atoms with van der Waals surface area (Å²) in [4.78, 5) is 5.21. The Labute approximate surface area is 106 Å². The molecule has 2 rings (SSSR count). The molecule has 0 aromatic heterocycles. The van der Waals surface area contributed by atoms with Gasteiger partial charge in [0.05, 0.1) is 0 Å². The third-order valence-electron chi connectivity index (χ3n) is 4.99. The standard InChI is InChI=1S/C14H29N3/c1-14(2)11-17(9-8-16(14)3)13-7-5-4-6-12(13)10-15/h12-13H,4-11,15H2,1-3H3. The quantitative estimate of drug-likeness (QED) is 0.793. The average Bonchev–Trinajstić information content (AvgIpc) is 2.32. The van der Waals surface area contributed by atoms with Crippen molar-refractivity contribution in [3.8, 4) is 0 Å². The number of likely N-dealkylation sites (N-methyl/N-ethyl adjacent to an activating group) is 1. The van der Waals surface area contributed by atoms with Crippen LogP contribution in [-0.4, -0.2) is 54.6 Å². The van der Waals surface area contributed by atoms with Crippen molar-refractivity contribution in [2.75, 3.05) is 33.2 Å². The lowest BCUT2D eigenvalue weighted by atomic mass is 9.82. The summed E-state index contributed by atoms with van der Waals surface area (Å²) in [5.74, 6) is 0.739. The van der Waals surface area contributed by atoms with Crippen molar-refractivity contribution in [1.82, 2.24) is 9.80 Å². The van der Waals surface area contributed by atoms with Crippen LogP contribution >= 0.6 is 0 Å². The molecule has 1 saturated carbocycles. The molecule has 1 saturated heterocycles. The Kier molecular flexibility index (Phi) is 4.11. The summed E-state index contributed by atoms with van der Waals surface area (Å²) < 4.78 is 0. The lowest BCUT2D eigenvalue weighted by molar-refractivity contribution is -0.00752. The zero-order chi connectivity index (χ0) is 12.5. The van der Waals surface area contributed by atoms with Gasteiger partial charge in [0.1, 0.15) is 0 Å². The Balaban J connectivity index is 2.01. The van der Waals surface area contributed by atoms with Crippen LogP contribution in [0.2, 0.25) is 0 Å². The van der Waals surface area contributed by atoms with E-state index in [0.29, 0.717) is 5.54 Å². The zero-order valence-corrected chi connectivity index (χ0v) is 11.8. The van der Waals surface area contributed by atoms with Crippen LogP contribution in [0.15, 0.2) is 0 Å². The topological polar surface area (TPSA) is 32.5 Å². The molecule has 2 fully saturated rings. The molecule has 1 aliphatic carbocycles. The lowest BCUT2D eigenvalue weighted by Crippen LogP contribution is -2.61. The molecule has 2 aliphatic rings. The molecule has 2 atom stereocenters. The van der Waals surface area contributed by atoms with E-state index in [1.165, 1.54) is 45.3 Å². The van der Waals surface area contributed by atoms with Gasteiger partial charge in [0.2, 0.25) is 0 Å². The number of nitrogens with zero attached hydrogens (tertiary/aromatic N) is 2.